The molecule has 2 N–H and O–H groups in total. The Morgan fingerprint density at radius 2 is 1.80 bits per heavy atom. The second-order valence-corrected chi connectivity index (χ2v) is 8.77. The summed E-state index contributed by atoms with van der Waals surface area (Å²) in [6, 6.07) is 20.4. The zero-order chi connectivity index (χ0) is 21.0. The van der Waals surface area contributed by atoms with Crippen LogP contribution in [0.1, 0.15) is 16.8 Å². The van der Waals surface area contributed by atoms with Crippen molar-refractivity contribution in [2.24, 2.45) is 0 Å². The van der Waals surface area contributed by atoms with Gasteiger partial charge >= 0.3 is 0 Å². The number of hydrogen-bond donors (Lipinski definition) is 2. The molecule has 7 nitrogen and oxygen atoms in total. The van der Waals surface area contributed by atoms with Gasteiger partial charge in [0.1, 0.15) is 5.82 Å². The first-order valence-corrected chi connectivity index (χ1v) is 11.1. The van der Waals surface area contributed by atoms with Crippen molar-refractivity contribution in [3.63, 3.8) is 0 Å². The molecule has 4 rings (SSSR count). The van der Waals surface area contributed by atoms with E-state index in [0.29, 0.717) is 17.8 Å². The van der Waals surface area contributed by atoms with Gasteiger partial charge < -0.3 is 10.2 Å². The highest BCUT2D eigenvalue weighted by atomic mass is 32.2. The molecule has 1 fully saturated rings. The highest BCUT2D eigenvalue weighted by Gasteiger charge is 2.25. The van der Waals surface area contributed by atoms with Crippen molar-refractivity contribution in [1.82, 2.24) is 10.3 Å². The lowest BCUT2D eigenvalue weighted by molar-refractivity contribution is 0.0940. The minimum Gasteiger partial charge on any atom is -0.354 e. The van der Waals surface area contributed by atoms with Gasteiger partial charge in [-0.05, 0) is 48.9 Å². The molecule has 1 aliphatic heterocycles. The van der Waals surface area contributed by atoms with Crippen molar-refractivity contribution >= 4 is 27.4 Å². The Morgan fingerprint density at radius 3 is 2.57 bits per heavy atom. The Labute approximate surface area is 175 Å². The van der Waals surface area contributed by atoms with Crippen LogP contribution in [0.2, 0.25) is 0 Å². The summed E-state index contributed by atoms with van der Waals surface area (Å²) in [5.74, 6) is 0.662. The van der Waals surface area contributed by atoms with E-state index in [1.807, 2.05) is 18.2 Å². The number of amides is 1. The molecule has 154 valence electrons. The van der Waals surface area contributed by atoms with Gasteiger partial charge in [0, 0.05) is 36.6 Å². The fraction of sp³-hybridized carbons (Fsp3) is 0.182. The average molecular weight is 423 g/mol. The summed E-state index contributed by atoms with van der Waals surface area (Å²) >= 11 is 0. The van der Waals surface area contributed by atoms with E-state index in [9.17, 15) is 13.2 Å². The lowest BCUT2D eigenvalue weighted by Gasteiger charge is -2.18. The van der Waals surface area contributed by atoms with Gasteiger partial charge in [-0.2, -0.15) is 0 Å². The van der Waals surface area contributed by atoms with Gasteiger partial charge in [0.2, 0.25) is 0 Å². The van der Waals surface area contributed by atoms with Crippen LogP contribution in [0.3, 0.4) is 0 Å². The van der Waals surface area contributed by atoms with Crippen molar-refractivity contribution < 1.29 is 13.2 Å². The monoisotopic (exact) mass is 422 g/mol. The van der Waals surface area contributed by atoms with E-state index < -0.39 is 10.0 Å². The molecule has 1 saturated heterocycles. The van der Waals surface area contributed by atoms with Crippen molar-refractivity contribution in [1.29, 1.82) is 0 Å². The maximum Gasteiger partial charge on any atom is 0.261 e. The molecule has 1 atom stereocenters. The zero-order valence-corrected chi connectivity index (χ0v) is 17.0. The lowest BCUT2D eigenvalue weighted by atomic mass is 10.1. The summed E-state index contributed by atoms with van der Waals surface area (Å²) in [6.45, 7) is 1.50. The fourth-order valence-corrected chi connectivity index (χ4v) is 4.50. The molecule has 8 heteroatoms. The number of pyridine rings is 1. The third kappa shape index (κ3) is 4.60. The number of anilines is 2. The summed E-state index contributed by atoms with van der Waals surface area (Å²) < 4.78 is 27.5. The van der Waals surface area contributed by atoms with E-state index in [0.717, 1.165) is 18.8 Å². The summed E-state index contributed by atoms with van der Waals surface area (Å²) in [5, 5.41) is 3.03. The largest absolute Gasteiger partial charge is 0.354 e. The zero-order valence-electron chi connectivity index (χ0n) is 16.2. The van der Waals surface area contributed by atoms with Crippen molar-refractivity contribution in [3.8, 4) is 0 Å². The number of nitrogens with zero attached hydrogens (tertiary/aromatic N) is 2. The maximum absolute atomic E-state index is 12.7. The van der Waals surface area contributed by atoms with E-state index in [4.69, 9.17) is 0 Å². The Balaban J connectivity index is 1.41. The van der Waals surface area contributed by atoms with Gasteiger partial charge in [-0.1, -0.05) is 30.3 Å². The molecule has 1 aliphatic rings. The second-order valence-electron chi connectivity index (χ2n) is 7.09. The van der Waals surface area contributed by atoms with E-state index >= 15 is 0 Å². The molecule has 2 aromatic carbocycles. The van der Waals surface area contributed by atoms with Crippen LogP contribution in [0.5, 0.6) is 0 Å². The smallest absolute Gasteiger partial charge is 0.261 e. The highest BCUT2D eigenvalue weighted by molar-refractivity contribution is 7.92. The predicted molar refractivity (Wildman–Crippen MR) is 116 cm³/mol. The molecule has 1 amide bonds. The summed E-state index contributed by atoms with van der Waals surface area (Å²) in [6.07, 6.45) is 2.58. The van der Waals surface area contributed by atoms with Crippen LogP contribution in [0.15, 0.2) is 83.9 Å². The molecule has 0 spiro atoms. The Bertz CT molecular complexity index is 1120. The summed E-state index contributed by atoms with van der Waals surface area (Å²) in [4.78, 5) is 19.4. The fourth-order valence-electron chi connectivity index (χ4n) is 3.43. The quantitative estimate of drug-likeness (QED) is 0.637. The van der Waals surface area contributed by atoms with Crippen LogP contribution in [0.25, 0.3) is 0 Å². The molecule has 0 bridgehead atoms. The number of hydrogen-bond acceptors (Lipinski definition) is 5. The van der Waals surface area contributed by atoms with Gasteiger partial charge in [-0.15, -0.1) is 0 Å². The van der Waals surface area contributed by atoms with Crippen LogP contribution >= 0.6 is 0 Å². The molecule has 1 aromatic heterocycles. The molecule has 0 saturated carbocycles. The maximum atomic E-state index is 12.7. The Morgan fingerprint density at radius 1 is 1.00 bits per heavy atom. The average Bonchev–Trinajstić information content (AvgIpc) is 3.23. The van der Waals surface area contributed by atoms with E-state index in [1.54, 1.807) is 48.7 Å². The van der Waals surface area contributed by atoms with Crippen LogP contribution in [-0.4, -0.2) is 38.4 Å². The molecular weight excluding hydrogens is 400 g/mol. The van der Waals surface area contributed by atoms with E-state index in [1.165, 1.54) is 12.1 Å². The van der Waals surface area contributed by atoms with Crippen LogP contribution in [0.4, 0.5) is 11.5 Å². The highest BCUT2D eigenvalue weighted by Crippen LogP contribution is 2.19. The van der Waals surface area contributed by atoms with Gasteiger partial charge in [0.25, 0.3) is 15.9 Å². The number of sulfonamides is 1. The van der Waals surface area contributed by atoms with Gasteiger partial charge in [0.15, 0.2) is 0 Å². The number of aromatic nitrogens is 1. The predicted octanol–water partition coefficient (Wildman–Crippen LogP) is 2.89. The number of nitrogens with one attached hydrogen (secondary N) is 2. The normalized spacial score (nSPS) is 16.3. The molecule has 0 radical (unpaired) electrons. The first-order valence-electron chi connectivity index (χ1n) is 9.66. The van der Waals surface area contributed by atoms with Gasteiger partial charge in [-0.25, -0.2) is 13.4 Å². The number of carbonyl (C=O) groups is 1. The Kier molecular flexibility index (Phi) is 5.67. The molecule has 3 aromatic rings. The topological polar surface area (TPSA) is 91.4 Å². The lowest BCUT2D eigenvalue weighted by Crippen LogP contribution is -2.37. The standard InChI is InChI=1S/C22H22N4O3S/c27-22(24-19-12-14-26(16-19)21-11-4-5-13-23-21)17-7-6-8-18(15-17)25-30(28,29)20-9-2-1-3-10-20/h1-11,13,15,19,25H,12,14,16H2,(H,24,27). The Hall–Kier alpha value is -3.39. The third-order valence-corrected chi connectivity index (χ3v) is 6.32. The van der Waals surface area contributed by atoms with E-state index in [2.05, 4.69) is 19.9 Å². The van der Waals surface area contributed by atoms with Crippen LogP contribution < -0.4 is 14.9 Å². The second kappa shape index (κ2) is 8.54. The minimum absolute atomic E-state index is 0.00386. The summed E-state index contributed by atoms with van der Waals surface area (Å²) in [5.41, 5.74) is 0.743. The molecule has 30 heavy (non-hydrogen) atoms. The number of carbonyl (C=O) groups excluding carboxylic acids is 1. The van der Waals surface area contributed by atoms with Crippen molar-refractivity contribution in [3.05, 3.63) is 84.6 Å². The number of benzene rings is 2. The number of rotatable bonds is 6. The van der Waals surface area contributed by atoms with Crippen molar-refractivity contribution in [2.75, 3.05) is 22.7 Å². The third-order valence-electron chi connectivity index (χ3n) is 4.93. The van der Waals surface area contributed by atoms with Crippen LogP contribution in [0, 0.1) is 0 Å². The minimum atomic E-state index is -3.71. The van der Waals surface area contributed by atoms with Crippen LogP contribution in [-0.2, 0) is 10.0 Å². The molecular formula is C22H22N4O3S. The van der Waals surface area contributed by atoms with Crippen molar-refractivity contribution in [2.45, 2.75) is 17.4 Å². The first kappa shape index (κ1) is 19.9. The first-order chi connectivity index (χ1) is 14.5. The molecule has 2 heterocycles. The van der Waals surface area contributed by atoms with E-state index in [-0.39, 0.29) is 16.8 Å². The SMILES string of the molecule is O=C(NC1CCN(c2ccccn2)C1)c1cccc(NS(=O)(=O)c2ccccc2)c1. The van der Waals surface area contributed by atoms with Gasteiger partial charge in [0.05, 0.1) is 4.90 Å². The van der Waals surface area contributed by atoms with Gasteiger partial charge in [-0.3, -0.25) is 9.52 Å². The molecule has 1 unspecified atom stereocenters. The molecule has 0 aliphatic carbocycles. The summed E-state index contributed by atoms with van der Waals surface area (Å²) in [7, 11) is -3.71.